The van der Waals surface area contributed by atoms with Crippen molar-refractivity contribution < 1.29 is 0 Å². The summed E-state index contributed by atoms with van der Waals surface area (Å²) in [6.45, 7) is 4.50. The lowest BCUT2D eigenvalue weighted by molar-refractivity contribution is 0.0915. The summed E-state index contributed by atoms with van der Waals surface area (Å²) in [5, 5.41) is 6.64. The molecule has 0 radical (unpaired) electrons. The highest BCUT2D eigenvalue weighted by Gasteiger charge is 2.34. The number of hydrogen-bond acceptors (Lipinski definition) is 3. The van der Waals surface area contributed by atoms with Crippen molar-refractivity contribution in [2.24, 2.45) is 0 Å². The Kier molecular flexibility index (Phi) is 7.78. The van der Waals surface area contributed by atoms with Crippen molar-refractivity contribution in [2.75, 3.05) is 0 Å². The van der Waals surface area contributed by atoms with Crippen LogP contribution in [0.1, 0.15) is 39.5 Å². The van der Waals surface area contributed by atoms with E-state index in [1.54, 1.807) is 0 Å². The third kappa shape index (κ3) is 4.38. The molecule has 2 atom stereocenters. The van der Waals surface area contributed by atoms with Gasteiger partial charge in [0.05, 0.1) is 0 Å². The number of alkyl halides is 3. The molecule has 0 aromatic heterocycles. The van der Waals surface area contributed by atoms with E-state index in [-0.39, 0.29) is 5.62 Å². The maximum absolute atomic E-state index is 6.07. The lowest BCUT2D eigenvalue weighted by Gasteiger charge is -2.44. The van der Waals surface area contributed by atoms with Crippen LogP contribution in [0, 0.1) is 0 Å². The summed E-state index contributed by atoms with van der Waals surface area (Å²) in [6, 6.07) is 0.642. The minimum atomic E-state index is -0.121. The number of halogens is 3. The standard InChI is InChI=1S/C10H20ClI2N3/c1-3-5-7(6-4-2)16-9(12)14-8(11)15-10(16)13/h7-10,14-15H,3-6H2,1-2H3. The lowest BCUT2D eigenvalue weighted by atomic mass is 10.1. The molecule has 3 nitrogen and oxygen atoms in total. The van der Waals surface area contributed by atoms with Gasteiger partial charge in [0.1, 0.15) is 14.0 Å². The topological polar surface area (TPSA) is 27.3 Å². The molecule has 1 rings (SSSR count). The third-order valence-electron chi connectivity index (χ3n) is 2.76. The Morgan fingerprint density at radius 3 is 1.94 bits per heavy atom. The molecular weight excluding hydrogens is 451 g/mol. The number of nitrogens with one attached hydrogen (secondary N) is 2. The zero-order valence-electron chi connectivity index (χ0n) is 9.72. The van der Waals surface area contributed by atoms with Gasteiger partial charge in [-0.05, 0) is 58.0 Å². The molecule has 0 aliphatic carbocycles. The average Bonchev–Trinajstić information content (AvgIpc) is 2.16. The van der Waals surface area contributed by atoms with Crippen LogP contribution in [0.3, 0.4) is 0 Å². The van der Waals surface area contributed by atoms with E-state index in [4.69, 9.17) is 11.6 Å². The zero-order valence-corrected chi connectivity index (χ0v) is 14.8. The summed E-state index contributed by atoms with van der Waals surface area (Å²) in [6.07, 6.45) is 4.97. The second-order valence-corrected chi connectivity index (χ2v) is 6.84. The Hall–Kier alpha value is 1.63. The van der Waals surface area contributed by atoms with E-state index in [0.717, 1.165) is 0 Å². The van der Waals surface area contributed by atoms with Gasteiger partial charge in [-0.15, -0.1) is 0 Å². The quantitative estimate of drug-likeness (QED) is 0.366. The van der Waals surface area contributed by atoms with Crippen molar-refractivity contribution in [3.05, 3.63) is 0 Å². The van der Waals surface area contributed by atoms with Gasteiger partial charge in [-0.3, -0.25) is 15.5 Å². The van der Waals surface area contributed by atoms with Crippen molar-refractivity contribution in [1.82, 2.24) is 15.5 Å². The molecule has 96 valence electrons. The molecule has 0 spiro atoms. The molecule has 2 N–H and O–H groups in total. The van der Waals surface area contributed by atoms with Crippen molar-refractivity contribution in [1.29, 1.82) is 0 Å². The van der Waals surface area contributed by atoms with Gasteiger partial charge >= 0.3 is 0 Å². The monoisotopic (exact) mass is 471 g/mol. The van der Waals surface area contributed by atoms with Crippen molar-refractivity contribution in [3.8, 4) is 0 Å². The van der Waals surface area contributed by atoms with Crippen LogP contribution >= 0.6 is 56.8 Å². The molecular formula is C10H20ClI2N3. The van der Waals surface area contributed by atoms with E-state index >= 15 is 0 Å². The van der Waals surface area contributed by atoms with Gasteiger partial charge in [-0.25, -0.2) is 0 Å². The first-order chi connectivity index (χ1) is 7.60. The van der Waals surface area contributed by atoms with Crippen LogP contribution in [-0.4, -0.2) is 24.9 Å². The smallest absolute Gasteiger partial charge is 0.138 e. The predicted octanol–water partition coefficient (Wildman–Crippen LogP) is 3.41. The fourth-order valence-corrected chi connectivity index (χ4v) is 5.61. The molecule has 0 aromatic carbocycles. The summed E-state index contributed by atoms with van der Waals surface area (Å²) in [5.74, 6) is 0. The number of hydrogen-bond donors (Lipinski definition) is 2. The van der Waals surface area contributed by atoms with Gasteiger partial charge < -0.3 is 0 Å². The molecule has 0 saturated carbocycles. The van der Waals surface area contributed by atoms with E-state index in [9.17, 15) is 0 Å². The van der Waals surface area contributed by atoms with Crippen LogP contribution in [0.25, 0.3) is 0 Å². The van der Waals surface area contributed by atoms with Crippen LogP contribution < -0.4 is 10.6 Å². The van der Waals surface area contributed by atoms with E-state index in [1.807, 2.05) is 0 Å². The molecule has 1 fully saturated rings. The molecule has 1 aliphatic heterocycles. The first kappa shape index (κ1) is 15.7. The Morgan fingerprint density at radius 2 is 1.56 bits per heavy atom. The number of nitrogens with zero attached hydrogens (tertiary/aromatic N) is 1. The van der Waals surface area contributed by atoms with E-state index in [2.05, 4.69) is 74.6 Å². The molecule has 0 amide bonds. The maximum Gasteiger partial charge on any atom is 0.138 e. The van der Waals surface area contributed by atoms with Gasteiger partial charge in [-0.2, -0.15) is 0 Å². The van der Waals surface area contributed by atoms with Crippen LogP contribution in [0.5, 0.6) is 0 Å². The fraction of sp³-hybridized carbons (Fsp3) is 1.00. The molecule has 0 aromatic rings. The second kappa shape index (κ2) is 7.93. The Labute approximate surface area is 131 Å². The van der Waals surface area contributed by atoms with E-state index < -0.39 is 0 Å². The van der Waals surface area contributed by atoms with Crippen LogP contribution in [-0.2, 0) is 0 Å². The molecule has 16 heavy (non-hydrogen) atoms. The Bertz CT molecular complexity index is 191. The normalized spacial score (nSPS) is 32.2. The summed E-state index contributed by atoms with van der Waals surface area (Å²) in [7, 11) is 0. The van der Waals surface area contributed by atoms with Crippen molar-refractivity contribution in [2.45, 2.75) is 59.5 Å². The van der Waals surface area contributed by atoms with Crippen LogP contribution in [0.4, 0.5) is 0 Å². The number of rotatable bonds is 5. The van der Waals surface area contributed by atoms with Crippen molar-refractivity contribution >= 4 is 56.8 Å². The molecule has 2 unspecified atom stereocenters. The summed E-state index contributed by atoms with van der Waals surface area (Å²) >= 11 is 10.9. The Balaban J connectivity index is 2.65. The molecule has 0 bridgehead atoms. The molecule has 6 heteroatoms. The predicted molar refractivity (Wildman–Crippen MR) is 87.0 cm³/mol. The minimum absolute atomic E-state index is 0.121. The maximum atomic E-state index is 6.07. The second-order valence-electron chi connectivity index (χ2n) is 4.05. The summed E-state index contributed by atoms with van der Waals surface area (Å²) < 4.78 is 0.623. The largest absolute Gasteiger partial charge is 0.265 e. The fourth-order valence-electron chi connectivity index (χ4n) is 2.06. The first-order valence-electron chi connectivity index (χ1n) is 5.81. The minimum Gasteiger partial charge on any atom is -0.265 e. The lowest BCUT2D eigenvalue weighted by Crippen LogP contribution is -2.65. The highest BCUT2D eigenvalue weighted by atomic mass is 127. The van der Waals surface area contributed by atoms with Crippen LogP contribution in [0.15, 0.2) is 0 Å². The first-order valence-corrected chi connectivity index (χ1v) is 8.74. The Morgan fingerprint density at radius 1 is 1.12 bits per heavy atom. The van der Waals surface area contributed by atoms with Gasteiger partial charge in [-0.1, -0.05) is 38.3 Å². The molecule has 1 saturated heterocycles. The average molecular weight is 472 g/mol. The van der Waals surface area contributed by atoms with Gasteiger partial charge in [0, 0.05) is 6.04 Å². The molecule has 1 aliphatic rings. The van der Waals surface area contributed by atoms with E-state index in [1.165, 1.54) is 25.7 Å². The van der Waals surface area contributed by atoms with Crippen molar-refractivity contribution in [3.63, 3.8) is 0 Å². The van der Waals surface area contributed by atoms with Gasteiger partial charge in [0.25, 0.3) is 0 Å². The zero-order chi connectivity index (χ0) is 12.1. The highest BCUT2D eigenvalue weighted by molar-refractivity contribution is 14.1. The SMILES string of the molecule is CCCC(CCC)N1C(I)NC(Cl)NC1I. The highest BCUT2D eigenvalue weighted by Crippen LogP contribution is 2.26. The third-order valence-corrected chi connectivity index (χ3v) is 5.01. The van der Waals surface area contributed by atoms with Gasteiger partial charge in [0.15, 0.2) is 0 Å². The van der Waals surface area contributed by atoms with Gasteiger partial charge in [0.2, 0.25) is 0 Å². The summed E-state index contributed by atoms with van der Waals surface area (Å²) in [4.78, 5) is 2.49. The van der Waals surface area contributed by atoms with E-state index in [0.29, 0.717) is 14.4 Å². The van der Waals surface area contributed by atoms with Crippen LogP contribution in [0.2, 0.25) is 0 Å². The summed E-state index contributed by atoms with van der Waals surface area (Å²) in [5.41, 5.74) is -0.121. The molecule has 1 heterocycles.